The van der Waals surface area contributed by atoms with Crippen molar-refractivity contribution in [1.29, 1.82) is 0 Å². The van der Waals surface area contributed by atoms with Crippen molar-refractivity contribution in [2.75, 3.05) is 0 Å². The summed E-state index contributed by atoms with van der Waals surface area (Å²) < 4.78 is 0. The minimum atomic E-state index is -0.826. The molecule has 0 spiro atoms. The van der Waals surface area contributed by atoms with Crippen LogP contribution in [0.2, 0.25) is 13.1 Å². The van der Waals surface area contributed by atoms with Crippen LogP contribution in [0.5, 0.6) is 0 Å². The first kappa shape index (κ1) is 39.2. The van der Waals surface area contributed by atoms with E-state index < -0.39 is 20.8 Å². The number of hydrogen-bond acceptors (Lipinski definition) is 0. The van der Waals surface area contributed by atoms with Gasteiger partial charge in [-0.25, -0.2) is 0 Å². The Labute approximate surface area is 306 Å². The molecule has 4 heteroatoms. The van der Waals surface area contributed by atoms with Gasteiger partial charge in [-0.2, -0.15) is 11.6 Å². The molecule has 0 nitrogen and oxygen atoms in total. The second-order valence-electron chi connectivity index (χ2n) is 14.3. The first-order valence-electron chi connectivity index (χ1n) is 16.2. The van der Waals surface area contributed by atoms with Crippen LogP contribution in [0.1, 0.15) is 69.4 Å². The van der Waals surface area contributed by atoms with E-state index in [4.69, 9.17) is 17.0 Å². The molecule has 0 saturated heterocycles. The van der Waals surface area contributed by atoms with E-state index in [1.165, 1.54) is 71.6 Å². The fraction of sp³-hybridized carbons (Fsp3) is 0.302. The zero-order valence-corrected chi connectivity index (χ0v) is 35.0. The van der Waals surface area contributed by atoms with Gasteiger partial charge in [0.15, 0.2) is 0 Å². The SMILES string of the molecule is C[Si]C.Cc1[cH-]c2cccc(-c3ccc(C(C)(C)C)cc3)c2c1C.Cc1cc2c(-c3ccc(C(C)(C)C)cc3)cccc2[cH-]1.[Cl][Zr+2][Cl]. The second kappa shape index (κ2) is 17.4. The Bertz CT molecular complexity index is 1840. The van der Waals surface area contributed by atoms with Crippen LogP contribution in [-0.2, 0) is 31.7 Å². The van der Waals surface area contributed by atoms with Crippen molar-refractivity contribution in [3.8, 4) is 22.3 Å². The average Bonchev–Trinajstić information content (AvgIpc) is 3.55. The molecule has 47 heavy (non-hydrogen) atoms. The molecule has 0 aliphatic rings. The van der Waals surface area contributed by atoms with Gasteiger partial charge in [0.1, 0.15) is 0 Å². The van der Waals surface area contributed by atoms with Crippen molar-refractivity contribution in [3.05, 3.63) is 131 Å². The number of halogens is 2. The standard InChI is InChI=1S/C21H23.C20H21.C2H6Si.2ClH.Zr/c1-14-13-17-7-6-8-19(20(17)15(14)2)16-9-11-18(12-10-16)21(3,4)5;1-14-12-16-6-5-7-18(19(16)13-14)15-8-10-17(11-9-15)20(2,3)4;1-3-2;;;/h6-13H,1-5H3;5-13H,1-4H3;1-2H3;2*1H;/q2*-1;;;;+4/p-2. The molecule has 0 heterocycles. The molecular formula is C43H50Cl2SiZr. The van der Waals surface area contributed by atoms with Crippen LogP contribution < -0.4 is 0 Å². The summed E-state index contributed by atoms with van der Waals surface area (Å²) in [6.45, 7) is 24.4. The molecule has 6 aromatic rings. The fourth-order valence-corrected chi connectivity index (χ4v) is 5.82. The Morgan fingerprint density at radius 3 is 1.49 bits per heavy atom. The molecule has 6 aromatic carbocycles. The predicted octanol–water partition coefficient (Wildman–Crippen LogP) is 14.1. The minimum absolute atomic E-state index is 0.206. The summed E-state index contributed by atoms with van der Waals surface area (Å²) >= 11 is -0.826. The normalized spacial score (nSPS) is 11.1. The molecule has 244 valence electrons. The van der Waals surface area contributed by atoms with Crippen LogP contribution in [0.3, 0.4) is 0 Å². The third kappa shape index (κ3) is 10.4. The molecule has 0 unspecified atom stereocenters. The van der Waals surface area contributed by atoms with Gasteiger partial charge < -0.3 is 0 Å². The monoisotopic (exact) mass is 754 g/mol. The van der Waals surface area contributed by atoms with Gasteiger partial charge in [0.25, 0.3) is 0 Å². The van der Waals surface area contributed by atoms with Crippen molar-refractivity contribution in [1.82, 2.24) is 0 Å². The molecule has 0 amide bonds. The summed E-state index contributed by atoms with van der Waals surface area (Å²) in [7, 11) is 11.0. The van der Waals surface area contributed by atoms with Gasteiger partial charge in [0, 0.05) is 9.52 Å². The third-order valence-electron chi connectivity index (χ3n) is 8.45. The number of rotatable bonds is 2. The van der Waals surface area contributed by atoms with E-state index in [9.17, 15) is 0 Å². The van der Waals surface area contributed by atoms with Crippen molar-refractivity contribution in [2.24, 2.45) is 0 Å². The van der Waals surface area contributed by atoms with E-state index in [0.717, 1.165) is 9.52 Å². The van der Waals surface area contributed by atoms with E-state index in [-0.39, 0.29) is 10.8 Å². The molecule has 0 bridgehead atoms. The third-order valence-corrected chi connectivity index (χ3v) is 8.45. The Balaban J connectivity index is 0.000000219. The van der Waals surface area contributed by atoms with Crippen molar-refractivity contribution in [3.63, 3.8) is 0 Å². The maximum absolute atomic E-state index is 4.93. The number of hydrogen-bond donors (Lipinski definition) is 0. The van der Waals surface area contributed by atoms with Crippen molar-refractivity contribution in [2.45, 2.75) is 86.2 Å². The van der Waals surface area contributed by atoms with Gasteiger partial charge in [-0.1, -0.05) is 147 Å². The topological polar surface area (TPSA) is 0 Å². The van der Waals surface area contributed by atoms with Gasteiger partial charge in [0.2, 0.25) is 0 Å². The summed E-state index contributed by atoms with van der Waals surface area (Å²) in [4.78, 5) is 0. The van der Waals surface area contributed by atoms with E-state index >= 15 is 0 Å². The van der Waals surface area contributed by atoms with Gasteiger partial charge in [-0.05, 0) is 33.1 Å². The van der Waals surface area contributed by atoms with Crippen molar-refractivity contribution >= 4 is 48.1 Å². The van der Waals surface area contributed by atoms with E-state index in [1.54, 1.807) is 0 Å². The zero-order chi connectivity index (χ0) is 34.9. The van der Waals surface area contributed by atoms with Crippen LogP contribution in [0.15, 0.2) is 103 Å². The molecule has 2 radical (unpaired) electrons. The Morgan fingerprint density at radius 1 is 0.596 bits per heavy atom. The summed E-state index contributed by atoms with van der Waals surface area (Å²) in [5.41, 5.74) is 12.6. The number of aryl methyl sites for hydroxylation is 3. The van der Waals surface area contributed by atoms with Crippen LogP contribution >= 0.6 is 17.0 Å². The quantitative estimate of drug-likeness (QED) is 0.122. The molecular weight excluding hydrogens is 707 g/mol. The van der Waals surface area contributed by atoms with Crippen LogP contribution in [-0.4, -0.2) is 9.52 Å². The molecule has 0 N–H and O–H groups in total. The van der Waals surface area contributed by atoms with Crippen molar-refractivity contribution < 1.29 is 20.8 Å². The number of fused-ring (bicyclic) bond motifs is 2. The molecule has 0 fully saturated rings. The fourth-order valence-electron chi connectivity index (χ4n) is 5.82. The molecule has 0 aliphatic carbocycles. The van der Waals surface area contributed by atoms with E-state index in [1.807, 2.05) is 0 Å². The Hall–Kier alpha value is -2.22. The summed E-state index contributed by atoms with van der Waals surface area (Å²) in [6, 6.07) is 38.0. The molecule has 0 aliphatic heterocycles. The average molecular weight is 757 g/mol. The molecule has 0 aromatic heterocycles. The number of benzene rings is 4. The van der Waals surface area contributed by atoms with Gasteiger partial charge in [0.05, 0.1) is 0 Å². The maximum atomic E-state index is 4.93. The second-order valence-corrected chi connectivity index (χ2v) is 19.0. The zero-order valence-electron chi connectivity index (χ0n) is 30.1. The van der Waals surface area contributed by atoms with E-state index in [2.05, 4.69) is 179 Å². The molecule has 0 atom stereocenters. The van der Waals surface area contributed by atoms with E-state index in [0.29, 0.717) is 0 Å². The molecule has 0 saturated carbocycles. The first-order chi connectivity index (χ1) is 22.2. The first-order valence-corrected chi connectivity index (χ1v) is 24.6. The van der Waals surface area contributed by atoms with Crippen LogP contribution in [0.4, 0.5) is 0 Å². The Morgan fingerprint density at radius 2 is 1.02 bits per heavy atom. The summed E-state index contributed by atoms with van der Waals surface area (Å²) in [5, 5.41) is 5.44. The summed E-state index contributed by atoms with van der Waals surface area (Å²) in [6.07, 6.45) is 0. The van der Waals surface area contributed by atoms with Gasteiger partial charge in [-0.15, -0.1) is 69.1 Å². The summed E-state index contributed by atoms with van der Waals surface area (Å²) in [5.74, 6) is 0. The molecule has 6 rings (SSSR count). The van der Waals surface area contributed by atoms with Crippen LogP contribution in [0, 0.1) is 20.8 Å². The van der Waals surface area contributed by atoms with Gasteiger partial charge in [-0.3, -0.25) is 0 Å². The van der Waals surface area contributed by atoms with Crippen LogP contribution in [0.25, 0.3) is 43.8 Å². The Kier molecular flexibility index (Phi) is 14.6. The predicted molar refractivity (Wildman–Crippen MR) is 211 cm³/mol. The van der Waals surface area contributed by atoms with Gasteiger partial charge >= 0.3 is 37.9 Å².